The molecule has 0 amide bonds. The molecule has 0 aromatic heterocycles. The van der Waals surface area contributed by atoms with Gasteiger partial charge in [0.15, 0.2) is 0 Å². The lowest BCUT2D eigenvalue weighted by Gasteiger charge is -2.26. The fourth-order valence-electron chi connectivity index (χ4n) is 2.00. The van der Waals surface area contributed by atoms with E-state index in [1.807, 2.05) is 0 Å². The lowest BCUT2D eigenvalue weighted by atomic mass is 9.96. The van der Waals surface area contributed by atoms with Gasteiger partial charge in [0.25, 0.3) is 0 Å². The molecule has 0 saturated carbocycles. The molecule has 0 aromatic rings. The summed E-state index contributed by atoms with van der Waals surface area (Å²) in [7, 11) is -11.3. The zero-order chi connectivity index (χ0) is 23.9. The fraction of sp³-hybridized carbons (Fsp3) is 1.00. The normalized spacial score (nSPS) is 26.8. The first-order valence-electron chi connectivity index (χ1n) is 7.22. The lowest BCUT2D eigenvalue weighted by molar-refractivity contribution is -0.114. The summed E-state index contributed by atoms with van der Waals surface area (Å²) in [5.74, 6) is -2.79. The van der Waals surface area contributed by atoms with Gasteiger partial charge >= 0.3 is 29.4 Å². The van der Waals surface area contributed by atoms with Crippen LogP contribution in [-0.4, -0.2) is 58.2 Å². The average Bonchev–Trinajstić information content (AvgIpc) is 2.89. The summed E-state index contributed by atoms with van der Waals surface area (Å²) >= 11 is 0. The number of phosphoric ester groups is 1. The van der Waals surface area contributed by atoms with Crippen molar-refractivity contribution in [1.29, 1.82) is 0 Å². The number of ether oxygens (including phenoxy) is 2. The molecule has 25 heteroatoms. The van der Waals surface area contributed by atoms with E-state index in [2.05, 4.69) is 43.2 Å². The highest BCUT2D eigenvalue weighted by Crippen LogP contribution is 2.66. The lowest BCUT2D eigenvalue weighted by Crippen LogP contribution is -2.37. The summed E-state index contributed by atoms with van der Waals surface area (Å²) in [6.45, 7) is -0.985. The molecule has 4 N–H and O–H groups in total. The third kappa shape index (κ3) is 9.55. The zero-order valence-corrected chi connectivity index (χ0v) is 17.3. The van der Waals surface area contributed by atoms with Crippen LogP contribution in [0, 0.1) is 0 Å². The highest BCUT2D eigenvalue weighted by Gasteiger charge is 2.44. The van der Waals surface area contributed by atoms with E-state index in [4.69, 9.17) is 48.6 Å². The summed E-state index contributed by atoms with van der Waals surface area (Å²) in [5.41, 5.74) is 25.7. The number of hydrogen-bond donors (Lipinski definition) is 4. The van der Waals surface area contributed by atoms with Crippen LogP contribution in [0.5, 0.6) is 0 Å². The predicted molar refractivity (Wildman–Crippen MR) is 93.9 cm³/mol. The van der Waals surface area contributed by atoms with Crippen molar-refractivity contribution in [3.8, 4) is 0 Å². The van der Waals surface area contributed by atoms with Gasteiger partial charge in [-0.25, -0.2) is 13.7 Å². The second-order valence-corrected chi connectivity index (χ2v) is 9.55. The number of azide groups is 1. The molecule has 170 valence electrons. The predicted octanol–water partition coefficient (Wildman–Crippen LogP) is 1.54. The maximum Gasteiger partial charge on any atom is 0.490 e. The van der Waals surface area contributed by atoms with E-state index in [9.17, 15) is 18.6 Å². The van der Waals surface area contributed by atoms with E-state index in [1.54, 1.807) is 0 Å². The van der Waals surface area contributed by atoms with E-state index >= 15 is 0 Å². The molecule has 1 aliphatic rings. The molecular weight excluding hydrogens is 494 g/mol. The van der Waals surface area contributed by atoms with Crippen molar-refractivity contribution in [3.05, 3.63) is 31.3 Å². The summed E-state index contributed by atoms with van der Waals surface area (Å²) in [6.07, 6.45) is -3.02. The minimum Gasteiger partial charge on any atom is -0.380 e. The first-order chi connectivity index (χ1) is 14.2. The van der Waals surface area contributed by atoms with Crippen LogP contribution in [-0.2, 0) is 36.3 Å². The van der Waals surface area contributed by atoms with Crippen molar-refractivity contribution in [2.24, 2.45) is 15.3 Å². The van der Waals surface area contributed by atoms with Crippen LogP contribution in [0.1, 0.15) is 6.42 Å². The Morgan fingerprint density at radius 3 is 1.97 bits per heavy atom. The Balaban J connectivity index is 2.96. The average molecular weight is 505 g/mol. The van der Waals surface area contributed by atoms with Gasteiger partial charge in [-0.3, -0.25) is 4.52 Å². The van der Waals surface area contributed by atoms with Gasteiger partial charge in [-0.15, -0.1) is 0 Å². The van der Waals surface area contributed by atoms with Crippen LogP contribution in [0.3, 0.4) is 0 Å². The van der Waals surface area contributed by atoms with E-state index < -0.39 is 54.3 Å². The Labute approximate surface area is 172 Å². The number of hydrogen-bond acceptors (Lipinski definition) is 11. The maximum absolute atomic E-state index is 11.8. The van der Waals surface area contributed by atoms with Crippen molar-refractivity contribution in [3.63, 3.8) is 0 Å². The molecular formula is C6H11BN9O12P3. The zero-order valence-electron chi connectivity index (χ0n) is 14.6. The second kappa shape index (κ2) is 10.8. The number of nitrogens with zero attached hydrogens (tertiary/aromatic N) is 9. The monoisotopic (exact) mass is 505 g/mol. The molecule has 31 heavy (non-hydrogen) atoms. The molecule has 1 fully saturated rings. The molecule has 2 radical (unpaired) electrons. The molecule has 21 nitrogen and oxygen atoms in total. The Kier molecular flexibility index (Phi) is 9.50. The van der Waals surface area contributed by atoms with Crippen LogP contribution in [0.25, 0.3) is 31.3 Å². The molecule has 0 spiro atoms. The van der Waals surface area contributed by atoms with Gasteiger partial charge in [0.2, 0.25) is 0 Å². The minimum absolute atomic E-state index is 0.241. The van der Waals surface area contributed by atoms with Crippen molar-refractivity contribution in [1.82, 2.24) is 0 Å². The third-order valence-electron chi connectivity index (χ3n) is 2.88. The molecule has 0 bridgehead atoms. The Morgan fingerprint density at radius 1 is 1.00 bits per heavy atom. The Bertz CT molecular complexity index is 910. The van der Waals surface area contributed by atoms with E-state index in [-0.39, 0.29) is 6.42 Å². The van der Waals surface area contributed by atoms with E-state index in [0.717, 1.165) is 0 Å². The maximum atomic E-state index is 11.8. The van der Waals surface area contributed by atoms with Gasteiger partial charge in [-0.1, -0.05) is 0 Å². The van der Waals surface area contributed by atoms with E-state index in [0.29, 0.717) is 0 Å². The summed E-state index contributed by atoms with van der Waals surface area (Å²) < 4.78 is 55.4. The largest absolute Gasteiger partial charge is 0.490 e. The molecule has 0 aromatic carbocycles. The van der Waals surface area contributed by atoms with Crippen molar-refractivity contribution < 1.29 is 55.9 Å². The molecule has 1 saturated heterocycles. The first-order valence-corrected chi connectivity index (χ1v) is 11.7. The topological polar surface area (TPSA) is 325 Å². The van der Waals surface area contributed by atoms with Gasteiger partial charge in [-0.2, -0.15) is 8.62 Å². The number of phosphoric acid groups is 3. The van der Waals surface area contributed by atoms with Crippen molar-refractivity contribution >= 4 is 31.3 Å². The smallest absolute Gasteiger partial charge is 0.380 e. The fourth-order valence-corrected chi connectivity index (χ4v) is 5.03. The van der Waals surface area contributed by atoms with Gasteiger partial charge in [0.05, 0.1) is 12.7 Å². The molecule has 5 atom stereocenters. The quantitative estimate of drug-likeness (QED) is 0.0964. The minimum atomic E-state index is -5.75. The summed E-state index contributed by atoms with van der Waals surface area (Å²) in [5, 5.41) is 8.82. The highest BCUT2D eigenvalue weighted by atomic mass is 31.3. The van der Waals surface area contributed by atoms with Gasteiger partial charge in [-0.05, 0) is 38.4 Å². The van der Waals surface area contributed by atoms with E-state index in [1.165, 1.54) is 0 Å². The summed E-state index contributed by atoms with van der Waals surface area (Å²) in [6, 6.07) is -1.11. The van der Waals surface area contributed by atoms with Crippen LogP contribution in [0.15, 0.2) is 15.3 Å². The van der Waals surface area contributed by atoms with Gasteiger partial charge in [0, 0.05) is 20.7 Å². The first kappa shape index (κ1) is 27.4. The van der Waals surface area contributed by atoms with Gasteiger partial charge < -0.3 is 29.0 Å². The van der Waals surface area contributed by atoms with Crippen LogP contribution < -0.4 is 0 Å². The van der Waals surface area contributed by atoms with Gasteiger partial charge in [0.1, 0.15) is 14.0 Å². The Morgan fingerprint density at radius 2 is 1.52 bits per heavy atom. The van der Waals surface area contributed by atoms with Crippen molar-refractivity contribution in [2.45, 2.75) is 30.6 Å². The SMILES string of the molecule is [B][C@H]1C[C@@H](OC(N=[N+]=[N-])(N=[N+]=[N-])N=[N+]=[N-])[C@@H](COP(=O)(O)OP(=O)(O)OP(=O)(O)O)O1. The van der Waals surface area contributed by atoms with Crippen LogP contribution in [0.4, 0.5) is 0 Å². The molecule has 1 aliphatic heterocycles. The number of rotatable bonds is 12. The Hall–Kier alpha value is -1.68. The van der Waals surface area contributed by atoms with Crippen LogP contribution >= 0.6 is 23.5 Å². The van der Waals surface area contributed by atoms with Crippen molar-refractivity contribution in [2.75, 3.05) is 6.61 Å². The molecule has 1 heterocycles. The molecule has 2 unspecified atom stereocenters. The molecule has 0 aliphatic carbocycles. The molecule has 1 rings (SSSR count). The highest BCUT2D eigenvalue weighted by molar-refractivity contribution is 7.66. The third-order valence-corrected chi connectivity index (χ3v) is 6.68. The standard InChI is InChI=1S/C6H11BN9O12P3/c7-5-1-3(26-6(11-14-8,12-15-9)13-16-10)4(25-5)2-24-30(20,21)28-31(22,23)27-29(17,18)19/h3-5H,1-2H2,(H,20,21)(H,22,23)(H2,17,18,19)/t3-,4-,5-/m1/s1. The second-order valence-electron chi connectivity index (χ2n) is 5.13. The summed E-state index contributed by atoms with van der Waals surface area (Å²) in [4.78, 5) is 42.4. The van der Waals surface area contributed by atoms with Crippen LogP contribution in [0.2, 0.25) is 0 Å².